The summed E-state index contributed by atoms with van der Waals surface area (Å²) in [5.74, 6) is 0. The van der Waals surface area contributed by atoms with Gasteiger partial charge in [-0.2, -0.15) is 13.2 Å². The van der Waals surface area contributed by atoms with Gasteiger partial charge in [-0.3, -0.25) is 4.90 Å². The number of hydrogen-bond donors (Lipinski definition) is 1. The fourth-order valence-corrected chi connectivity index (χ4v) is 3.31. The van der Waals surface area contributed by atoms with Crippen LogP contribution in [0.2, 0.25) is 0 Å². The Morgan fingerprint density at radius 1 is 1.42 bits per heavy atom. The van der Waals surface area contributed by atoms with Gasteiger partial charge in [0.2, 0.25) is 0 Å². The summed E-state index contributed by atoms with van der Waals surface area (Å²) in [4.78, 5) is 5.52. The lowest BCUT2D eigenvalue weighted by atomic mass is 9.92. The van der Waals surface area contributed by atoms with Gasteiger partial charge >= 0.3 is 6.18 Å². The van der Waals surface area contributed by atoms with E-state index in [0.717, 1.165) is 42.4 Å². The number of likely N-dealkylation sites (N-methyl/N-ethyl adjacent to an activating group) is 1. The summed E-state index contributed by atoms with van der Waals surface area (Å²) in [7, 11) is 1.83. The standard InChI is InChI=1S/C12H17F3N2OS/c1-17(8-4-2-3-5-9(8)18)6-11-16-10(7-19-11)12(13,14)15/h7-9,18H,2-6H2,1H3. The fourth-order valence-electron chi connectivity index (χ4n) is 2.45. The van der Waals surface area contributed by atoms with Crippen LogP contribution in [0.5, 0.6) is 0 Å². The van der Waals surface area contributed by atoms with Gasteiger partial charge in [-0.1, -0.05) is 12.8 Å². The Bertz CT molecular complexity index is 421. The molecule has 7 heteroatoms. The minimum atomic E-state index is -4.38. The van der Waals surface area contributed by atoms with E-state index in [2.05, 4.69) is 4.98 Å². The molecule has 0 aromatic carbocycles. The van der Waals surface area contributed by atoms with Gasteiger partial charge < -0.3 is 5.11 Å². The van der Waals surface area contributed by atoms with Crippen LogP contribution in [-0.4, -0.2) is 34.2 Å². The molecule has 0 bridgehead atoms. The molecule has 108 valence electrons. The highest BCUT2D eigenvalue weighted by Gasteiger charge is 2.34. The molecule has 1 fully saturated rings. The molecule has 19 heavy (non-hydrogen) atoms. The molecule has 0 saturated heterocycles. The summed E-state index contributed by atoms with van der Waals surface area (Å²) >= 11 is 1.02. The lowest BCUT2D eigenvalue weighted by molar-refractivity contribution is -0.140. The minimum Gasteiger partial charge on any atom is -0.391 e. The van der Waals surface area contributed by atoms with Crippen molar-refractivity contribution in [1.82, 2.24) is 9.88 Å². The maximum atomic E-state index is 12.4. The predicted molar refractivity (Wildman–Crippen MR) is 66.8 cm³/mol. The van der Waals surface area contributed by atoms with Crippen LogP contribution in [0.15, 0.2) is 5.38 Å². The summed E-state index contributed by atoms with van der Waals surface area (Å²) in [5.41, 5.74) is -0.829. The van der Waals surface area contributed by atoms with Crippen LogP contribution >= 0.6 is 11.3 Å². The quantitative estimate of drug-likeness (QED) is 0.931. The van der Waals surface area contributed by atoms with E-state index >= 15 is 0 Å². The van der Waals surface area contributed by atoms with E-state index in [1.807, 2.05) is 11.9 Å². The molecule has 0 aliphatic heterocycles. The molecule has 1 aromatic rings. The summed E-state index contributed by atoms with van der Waals surface area (Å²) in [6.45, 7) is 0.350. The van der Waals surface area contributed by atoms with E-state index < -0.39 is 11.9 Å². The SMILES string of the molecule is CN(Cc1nc(C(F)(F)F)cs1)C1CCCCC1O. The molecule has 1 N–H and O–H groups in total. The fraction of sp³-hybridized carbons (Fsp3) is 0.750. The van der Waals surface area contributed by atoms with Crippen molar-refractivity contribution in [3.63, 3.8) is 0 Å². The number of aromatic nitrogens is 1. The monoisotopic (exact) mass is 294 g/mol. The number of hydrogen-bond acceptors (Lipinski definition) is 4. The highest BCUT2D eigenvalue weighted by Crippen LogP contribution is 2.31. The molecule has 0 amide bonds. The van der Waals surface area contributed by atoms with Gasteiger partial charge in [-0.15, -0.1) is 11.3 Å². The average Bonchev–Trinajstić information content (AvgIpc) is 2.77. The number of rotatable bonds is 3. The first-order valence-electron chi connectivity index (χ1n) is 6.28. The summed E-state index contributed by atoms with van der Waals surface area (Å²) < 4.78 is 37.3. The van der Waals surface area contributed by atoms with E-state index in [1.165, 1.54) is 0 Å². The van der Waals surface area contributed by atoms with Crippen LogP contribution in [0.3, 0.4) is 0 Å². The minimum absolute atomic E-state index is 0.0204. The summed E-state index contributed by atoms with van der Waals surface area (Å²) in [6, 6.07) is 0.0204. The Hall–Kier alpha value is -0.660. The van der Waals surface area contributed by atoms with E-state index in [4.69, 9.17) is 0 Å². The Balaban J connectivity index is 1.98. The smallest absolute Gasteiger partial charge is 0.391 e. The Labute approximate surface area is 114 Å². The molecular formula is C12H17F3N2OS. The second-order valence-electron chi connectivity index (χ2n) is 4.96. The summed E-state index contributed by atoms with van der Waals surface area (Å²) in [6.07, 6.45) is -1.05. The first-order chi connectivity index (χ1) is 8.88. The lowest BCUT2D eigenvalue weighted by Gasteiger charge is -2.34. The van der Waals surface area contributed by atoms with Gasteiger partial charge in [0.25, 0.3) is 0 Å². The number of nitrogens with zero attached hydrogens (tertiary/aromatic N) is 2. The van der Waals surface area contributed by atoms with E-state index in [0.29, 0.717) is 11.6 Å². The van der Waals surface area contributed by atoms with Crippen LogP contribution in [-0.2, 0) is 12.7 Å². The van der Waals surface area contributed by atoms with Crippen LogP contribution in [0.25, 0.3) is 0 Å². The van der Waals surface area contributed by atoms with Crippen molar-refractivity contribution >= 4 is 11.3 Å². The molecule has 2 unspecified atom stereocenters. The maximum absolute atomic E-state index is 12.4. The lowest BCUT2D eigenvalue weighted by Crippen LogP contribution is -2.42. The van der Waals surface area contributed by atoms with Crippen molar-refractivity contribution < 1.29 is 18.3 Å². The topological polar surface area (TPSA) is 36.4 Å². The zero-order valence-electron chi connectivity index (χ0n) is 10.7. The number of thiazole rings is 1. The van der Waals surface area contributed by atoms with Crippen LogP contribution < -0.4 is 0 Å². The zero-order valence-corrected chi connectivity index (χ0v) is 11.5. The molecule has 1 saturated carbocycles. The van der Waals surface area contributed by atoms with Gasteiger partial charge in [-0.25, -0.2) is 4.98 Å². The van der Waals surface area contributed by atoms with Crippen molar-refractivity contribution in [1.29, 1.82) is 0 Å². The molecule has 2 atom stereocenters. The molecular weight excluding hydrogens is 277 g/mol. The molecule has 1 aliphatic carbocycles. The van der Waals surface area contributed by atoms with E-state index in [-0.39, 0.29) is 12.1 Å². The van der Waals surface area contributed by atoms with E-state index in [1.54, 1.807) is 0 Å². The molecule has 0 spiro atoms. The van der Waals surface area contributed by atoms with Crippen LogP contribution in [0.1, 0.15) is 36.4 Å². The Kier molecular flexibility index (Phi) is 4.47. The van der Waals surface area contributed by atoms with Crippen LogP contribution in [0, 0.1) is 0 Å². The van der Waals surface area contributed by atoms with E-state index in [9.17, 15) is 18.3 Å². The van der Waals surface area contributed by atoms with Crippen molar-refractivity contribution in [2.45, 2.75) is 50.6 Å². The summed E-state index contributed by atoms with van der Waals surface area (Å²) in [5, 5.41) is 11.4. The Morgan fingerprint density at radius 2 is 2.11 bits per heavy atom. The van der Waals surface area contributed by atoms with Crippen molar-refractivity contribution in [2.75, 3.05) is 7.05 Å². The second kappa shape index (κ2) is 5.76. The molecule has 0 radical (unpaired) electrons. The van der Waals surface area contributed by atoms with Gasteiger partial charge in [0.15, 0.2) is 5.69 Å². The predicted octanol–water partition coefficient (Wildman–Crippen LogP) is 2.90. The van der Waals surface area contributed by atoms with Gasteiger partial charge in [0.05, 0.1) is 12.6 Å². The number of aliphatic hydroxyl groups is 1. The highest BCUT2D eigenvalue weighted by atomic mass is 32.1. The number of aliphatic hydroxyl groups excluding tert-OH is 1. The maximum Gasteiger partial charge on any atom is 0.434 e. The van der Waals surface area contributed by atoms with Crippen molar-refractivity contribution in [2.24, 2.45) is 0 Å². The third-order valence-electron chi connectivity index (χ3n) is 3.49. The second-order valence-corrected chi connectivity index (χ2v) is 5.90. The molecule has 1 aliphatic rings. The third-order valence-corrected chi connectivity index (χ3v) is 4.32. The zero-order chi connectivity index (χ0) is 14.0. The average molecular weight is 294 g/mol. The largest absolute Gasteiger partial charge is 0.434 e. The number of alkyl halides is 3. The Morgan fingerprint density at radius 3 is 2.68 bits per heavy atom. The van der Waals surface area contributed by atoms with Crippen LogP contribution in [0.4, 0.5) is 13.2 Å². The van der Waals surface area contributed by atoms with Gasteiger partial charge in [0.1, 0.15) is 5.01 Å². The van der Waals surface area contributed by atoms with Gasteiger partial charge in [-0.05, 0) is 19.9 Å². The first kappa shape index (κ1) is 14.7. The highest BCUT2D eigenvalue weighted by molar-refractivity contribution is 7.09. The number of halogens is 3. The molecule has 1 aromatic heterocycles. The van der Waals surface area contributed by atoms with Crippen molar-refractivity contribution in [3.8, 4) is 0 Å². The molecule has 1 heterocycles. The van der Waals surface area contributed by atoms with Crippen molar-refractivity contribution in [3.05, 3.63) is 16.1 Å². The molecule has 3 nitrogen and oxygen atoms in total. The molecule has 2 rings (SSSR count). The first-order valence-corrected chi connectivity index (χ1v) is 7.16. The normalized spacial score (nSPS) is 24.9. The third kappa shape index (κ3) is 3.67. The van der Waals surface area contributed by atoms with Gasteiger partial charge in [0, 0.05) is 11.4 Å².